The second kappa shape index (κ2) is 8.30. The van der Waals surface area contributed by atoms with Gasteiger partial charge in [-0.25, -0.2) is 4.39 Å². The van der Waals surface area contributed by atoms with Crippen LogP contribution in [0.1, 0.15) is 28.8 Å². The monoisotopic (exact) mass is 424 g/mol. The Bertz CT molecular complexity index is 746. The highest BCUT2D eigenvalue weighted by atomic mass is 79.9. The molecule has 0 radical (unpaired) electrons. The van der Waals surface area contributed by atoms with Crippen molar-refractivity contribution >= 4 is 33.4 Å². The lowest BCUT2D eigenvalue weighted by Crippen LogP contribution is -2.44. The molecular formula is C19H19BrClFN2O. The maximum Gasteiger partial charge on any atom is 0.252 e. The van der Waals surface area contributed by atoms with Crippen LogP contribution in [0.3, 0.4) is 0 Å². The van der Waals surface area contributed by atoms with E-state index in [4.69, 9.17) is 11.6 Å². The Labute approximate surface area is 160 Å². The van der Waals surface area contributed by atoms with Gasteiger partial charge in [0, 0.05) is 35.2 Å². The molecule has 2 aromatic carbocycles. The number of nitrogens with one attached hydrogen (secondary N) is 1. The molecule has 1 aliphatic heterocycles. The summed E-state index contributed by atoms with van der Waals surface area (Å²) < 4.78 is 14.0. The van der Waals surface area contributed by atoms with Crippen molar-refractivity contribution in [2.45, 2.75) is 25.4 Å². The van der Waals surface area contributed by atoms with Crippen LogP contribution in [0.2, 0.25) is 5.02 Å². The first-order valence-electron chi connectivity index (χ1n) is 8.24. The molecule has 0 saturated carbocycles. The molecular weight excluding hydrogens is 407 g/mol. The third-order valence-corrected chi connectivity index (χ3v) is 5.36. The molecule has 132 valence electrons. The number of carbonyl (C=O) groups is 1. The molecule has 3 rings (SSSR count). The Hall–Kier alpha value is -1.43. The minimum Gasteiger partial charge on any atom is -0.349 e. The number of likely N-dealkylation sites (tertiary alicyclic amines) is 1. The molecule has 0 spiro atoms. The molecule has 0 atom stereocenters. The Balaban J connectivity index is 1.51. The molecule has 0 bridgehead atoms. The number of benzene rings is 2. The van der Waals surface area contributed by atoms with Crippen molar-refractivity contribution in [2.24, 2.45) is 0 Å². The van der Waals surface area contributed by atoms with Crippen molar-refractivity contribution in [3.05, 3.63) is 68.9 Å². The van der Waals surface area contributed by atoms with Crippen LogP contribution in [0.4, 0.5) is 4.39 Å². The number of halogens is 3. The van der Waals surface area contributed by atoms with Gasteiger partial charge in [0.25, 0.3) is 5.91 Å². The fourth-order valence-corrected chi connectivity index (χ4v) is 3.57. The molecule has 6 heteroatoms. The number of nitrogens with zero attached hydrogens (tertiary/aromatic N) is 1. The van der Waals surface area contributed by atoms with Gasteiger partial charge < -0.3 is 5.32 Å². The van der Waals surface area contributed by atoms with E-state index in [9.17, 15) is 9.18 Å². The molecule has 1 heterocycles. The van der Waals surface area contributed by atoms with Crippen molar-refractivity contribution in [1.82, 2.24) is 10.2 Å². The van der Waals surface area contributed by atoms with Crippen LogP contribution >= 0.6 is 27.5 Å². The van der Waals surface area contributed by atoms with Gasteiger partial charge in [0.1, 0.15) is 5.82 Å². The van der Waals surface area contributed by atoms with E-state index in [0.717, 1.165) is 37.5 Å². The summed E-state index contributed by atoms with van der Waals surface area (Å²) >= 11 is 9.22. The van der Waals surface area contributed by atoms with Gasteiger partial charge in [-0.3, -0.25) is 9.69 Å². The van der Waals surface area contributed by atoms with E-state index >= 15 is 0 Å². The summed E-state index contributed by atoms with van der Waals surface area (Å²) in [6, 6.07) is 12.1. The number of piperidine rings is 1. The molecule has 3 nitrogen and oxygen atoms in total. The van der Waals surface area contributed by atoms with E-state index in [1.807, 2.05) is 24.3 Å². The van der Waals surface area contributed by atoms with Crippen molar-refractivity contribution in [3.63, 3.8) is 0 Å². The molecule has 1 saturated heterocycles. The van der Waals surface area contributed by atoms with Gasteiger partial charge in [-0.05, 0) is 64.7 Å². The fraction of sp³-hybridized carbons (Fsp3) is 0.316. The summed E-state index contributed by atoms with van der Waals surface area (Å²) in [7, 11) is 0. The first kappa shape index (κ1) is 18.4. The molecule has 0 aromatic heterocycles. The number of hydrogen-bond donors (Lipinski definition) is 1. The predicted molar refractivity (Wildman–Crippen MR) is 101 cm³/mol. The smallest absolute Gasteiger partial charge is 0.252 e. The summed E-state index contributed by atoms with van der Waals surface area (Å²) in [5.74, 6) is -0.645. The first-order chi connectivity index (χ1) is 12.0. The van der Waals surface area contributed by atoms with Gasteiger partial charge in [0.15, 0.2) is 0 Å². The van der Waals surface area contributed by atoms with E-state index in [-0.39, 0.29) is 11.9 Å². The normalized spacial score (nSPS) is 16.0. The Morgan fingerprint density at radius 2 is 1.88 bits per heavy atom. The summed E-state index contributed by atoms with van der Waals surface area (Å²) in [4.78, 5) is 14.7. The quantitative estimate of drug-likeness (QED) is 0.774. The standard InChI is InChI=1S/C19H19BrClFN2O/c20-18-6-5-15(22)11-17(18)19(25)23-16-7-9-24(10-8-16)12-13-1-3-14(21)4-2-13/h1-6,11,16H,7-10,12H2,(H,23,25). The zero-order chi connectivity index (χ0) is 17.8. The minimum absolute atomic E-state index is 0.115. The molecule has 1 fully saturated rings. The van der Waals surface area contributed by atoms with Crippen molar-refractivity contribution in [3.8, 4) is 0 Å². The highest BCUT2D eigenvalue weighted by Gasteiger charge is 2.22. The van der Waals surface area contributed by atoms with Crippen LogP contribution in [0, 0.1) is 5.82 Å². The van der Waals surface area contributed by atoms with Gasteiger partial charge in [0.05, 0.1) is 5.56 Å². The van der Waals surface area contributed by atoms with Crippen LogP contribution in [-0.2, 0) is 6.54 Å². The number of rotatable bonds is 4. The van der Waals surface area contributed by atoms with Crippen LogP contribution in [-0.4, -0.2) is 29.9 Å². The molecule has 1 amide bonds. The largest absolute Gasteiger partial charge is 0.349 e. The molecule has 0 aliphatic carbocycles. The Morgan fingerprint density at radius 3 is 2.56 bits per heavy atom. The maximum atomic E-state index is 13.4. The molecule has 2 aromatic rings. The molecule has 1 aliphatic rings. The SMILES string of the molecule is O=C(NC1CCN(Cc2ccc(Cl)cc2)CC1)c1cc(F)ccc1Br. The lowest BCUT2D eigenvalue weighted by Gasteiger charge is -2.32. The zero-order valence-corrected chi connectivity index (χ0v) is 16.0. The van der Waals surface area contributed by atoms with E-state index in [1.165, 1.54) is 17.7 Å². The zero-order valence-electron chi connectivity index (χ0n) is 13.6. The first-order valence-corrected chi connectivity index (χ1v) is 9.41. The summed E-state index contributed by atoms with van der Waals surface area (Å²) in [6.07, 6.45) is 1.76. The van der Waals surface area contributed by atoms with E-state index in [2.05, 4.69) is 26.1 Å². The Kier molecular flexibility index (Phi) is 6.10. The van der Waals surface area contributed by atoms with E-state index in [0.29, 0.717) is 10.0 Å². The van der Waals surface area contributed by atoms with Gasteiger partial charge in [0.2, 0.25) is 0 Å². The van der Waals surface area contributed by atoms with Crippen LogP contribution in [0.15, 0.2) is 46.9 Å². The predicted octanol–water partition coefficient (Wildman–Crippen LogP) is 4.64. The number of hydrogen-bond acceptors (Lipinski definition) is 2. The van der Waals surface area contributed by atoms with E-state index in [1.54, 1.807) is 6.07 Å². The average molecular weight is 426 g/mol. The van der Waals surface area contributed by atoms with Gasteiger partial charge >= 0.3 is 0 Å². The summed E-state index contributed by atoms with van der Waals surface area (Å²) in [6.45, 7) is 2.71. The minimum atomic E-state index is -0.411. The van der Waals surface area contributed by atoms with Crippen LogP contribution in [0.5, 0.6) is 0 Å². The van der Waals surface area contributed by atoms with Crippen LogP contribution in [0.25, 0.3) is 0 Å². The van der Waals surface area contributed by atoms with Gasteiger partial charge in [-0.1, -0.05) is 23.7 Å². The molecule has 0 unspecified atom stereocenters. The van der Waals surface area contributed by atoms with Crippen molar-refractivity contribution in [2.75, 3.05) is 13.1 Å². The fourth-order valence-electron chi connectivity index (χ4n) is 3.02. The maximum absolute atomic E-state index is 13.4. The number of amides is 1. The van der Waals surface area contributed by atoms with Crippen molar-refractivity contribution in [1.29, 1.82) is 0 Å². The third kappa shape index (κ3) is 5.03. The average Bonchev–Trinajstić information content (AvgIpc) is 2.60. The second-order valence-electron chi connectivity index (χ2n) is 6.27. The molecule has 1 N–H and O–H groups in total. The lowest BCUT2D eigenvalue weighted by atomic mass is 10.0. The topological polar surface area (TPSA) is 32.3 Å². The highest BCUT2D eigenvalue weighted by Crippen LogP contribution is 2.20. The van der Waals surface area contributed by atoms with Gasteiger partial charge in [-0.15, -0.1) is 0 Å². The van der Waals surface area contributed by atoms with Gasteiger partial charge in [-0.2, -0.15) is 0 Å². The summed E-state index contributed by atoms with van der Waals surface area (Å²) in [5.41, 5.74) is 1.57. The Morgan fingerprint density at radius 1 is 1.20 bits per heavy atom. The van der Waals surface area contributed by atoms with Crippen LogP contribution < -0.4 is 5.32 Å². The molecule has 25 heavy (non-hydrogen) atoms. The van der Waals surface area contributed by atoms with E-state index < -0.39 is 5.82 Å². The third-order valence-electron chi connectivity index (χ3n) is 4.42. The number of carbonyl (C=O) groups excluding carboxylic acids is 1. The lowest BCUT2D eigenvalue weighted by molar-refractivity contribution is 0.0907. The second-order valence-corrected chi connectivity index (χ2v) is 7.57. The summed E-state index contributed by atoms with van der Waals surface area (Å²) in [5, 5.41) is 3.76. The highest BCUT2D eigenvalue weighted by molar-refractivity contribution is 9.10. The van der Waals surface area contributed by atoms with Crippen molar-refractivity contribution < 1.29 is 9.18 Å².